The highest BCUT2D eigenvalue weighted by molar-refractivity contribution is 8.00. The summed E-state index contributed by atoms with van der Waals surface area (Å²) in [6, 6.07) is 16.6. The summed E-state index contributed by atoms with van der Waals surface area (Å²) < 4.78 is 5.58. The monoisotopic (exact) mass is 298 g/mol. The van der Waals surface area contributed by atoms with Crippen LogP contribution in [0.3, 0.4) is 0 Å². The first-order valence-electron chi connectivity index (χ1n) is 7.12. The van der Waals surface area contributed by atoms with Crippen LogP contribution < -0.4 is 0 Å². The van der Waals surface area contributed by atoms with E-state index >= 15 is 0 Å². The van der Waals surface area contributed by atoms with Crippen molar-refractivity contribution >= 4 is 17.7 Å². The summed E-state index contributed by atoms with van der Waals surface area (Å²) in [4.78, 5) is 12.9. The summed E-state index contributed by atoms with van der Waals surface area (Å²) in [6.07, 6.45) is 0.322. The molecule has 2 aromatic rings. The quantitative estimate of drug-likeness (QED) is 0.783. The number of carbonyl (C=O) groups excluding carboxylic acids is 1. The molecule has 1 aliphatic rings. The van der Waals surface area contributed by atoms with Crippen LogP contribution in [0.2, 0.25) is 0 Å². The lowest BCUT2D eigenvalue weighted by Gasteiger charge is -2.19. The molecule has 1 fully saturated rings. The van der Waals surface area contributed by atoms with Crippen LogP contribution in [0.5, 0.6) is 0 Å². The van der Waals surface area contributed by atoms with Gasteiger partial charge in [-0.15, -0.1) is 11.8 Å². The number of aryl methyl sites for hydroxylation is 2. The lowest BCUT2D eigenvalue weighted by molar-refractivity contribution is -0.141. The van der Waals surface area contributed by atoms with Gasteiger partial charge in [0, 0.05) is 4.90 Å². The zero-order valence-electron chi connectivity index (χ0n) is 12.2. The first-order chi connectivity index (χ1) is 10.1. The molecule has 3 heteroatoms. The van der Waals surface area contributed by atoms with Crippen LogP contribution in [-0.4, -0.2) is 11.2 Å². The molecule has 0 amide bonds. The maximum absolute atomic E-state index is 11.8. The maximum atomic E-state index is 11.8. The number of hydrogen-bond acceptors (Lipinski definition) is 3. The van der Waals surface area contributed by atoms with Gasteiger partial charge in [-0.05, 0) is 37.1 Å². The predicted molar refractivity (Wildman–Crippen MR) is 85.5 cm³/mol. The molecule has 0 radical (unpaired) electrons. The van der Waals surface area contributed by atoms with Crippen molar-refractivity contribution in [1.82, 2.24) is 0 Å². The van der Waals surface area contributed by atoms with Gasteiger partial charge in [0.1, 0.15) is 6.10 Å². The van der Waals surface area contributed by atoms with Crippen molar-refractivity contribution in [3.63, 3.8) is 0 Å². The van der Waals surface area contributed by atoms with E-state index in [2.05, 4.69) is 50.2 Å². The number of rotatable bonds is 3. The third kappa shape index (κ3) is 3.13. The lowest BCUT2D eigenvalue weighted by atomic mass is 10.0. The smallest absolute Gasteiger partial charge is 0.307 e. The van der Waals surface area contributed by atoms with Crippen LogP contribution in [0, 0.1) is 13.8 Å². The van der Waals surface area contributed by atoms with Gasteiger partial charge in [-0.2, -0.15) is 0 Å². The molecule has 0 aromatic heterocycles. The highest BCUT2D eigenvalue weighted by atomic mass is 32.2. The summed E-state index contributed by atoms with van der Waals surface area (Å²) >= 11 is 1.73. The molecule has 0 spiro atoms. The second-order valence-corrected chi connectivity index (χ2v) is 6.75. The minimum atomic E-state index is -0.148. The average molecular weight is 298 g/mol. The van der Waals surface area contributed by atoms with Gasteiger partial charge in [-0.3, -0.25) is 4.79 Å². The van der Waals surface area contributed by atoms with E-state index in [-0.39, 0.29) is 17.3 Å². The molecule has 2 atom stereocenters. The highest BCUT2D eigenvalue weighted by Gasteiger charge is 2.37. The van der Waals surface area contributed by atoms with Crippen molar-refractivity contribution in [2.45, 2.75) is 36.5 Å². The van der Waals surface area contributed by atoms with Gasteiger partial charge >= 0.3 is 5.97 Å². The molecule has 2 nitrogen and oxygen atoms in total. The fourth-order valence-corrected chi connectivity index (χ4v) is 3.79. The van der Waals surface area contributed by atoms with Crippen molar-refractivity contribution in [2.75, 3.05) is 0 Å². The van der Waals surface area contributed by atoms with E-state index in [0.29, 0.717) is 6.42 Å². The molecule has 1 aliphatic heterocycles. The fourth-order valence-electron chi connectivity index (χ4n) is 2.60. The van der Waals surface area contributed by atoms with Crippen molar-refractivity contribution in [1.29, 1.82) is 0 Å². The molecule has 0 bridgehead atoms. The normalized spacial score (nSPS) is 21.3. The minimum absolute atomic E-state index is 0.104. The zero-order chi connectivity index (χ0) is 14.8. The van der Waals surface area contributed by atoms with Crippen LogP contribution >= 0.6 is 11.8 Å². The van der Waals surface area contributed by atoms with Gasteiger partial charge in [0.05, 0.1) is 11.7 Å². The first kappa shape index (κ1) is 14.2. The van der Waals surface area contributed by atoms with Crippen LogP contribution in [0.15, 0.2) is 53.4 Å². The molecule has 0 saturated carbocycles. The van der Waals surface area contributed by atoms with Gasteiger partial charge in [0.15, 0.2) is 0 Å². The van der Waals surface area contributed by atoms with E-state index < -0.39 is 0 Å². The second-order valence-electron chi connectivity index (χ2n) is 5.44. The molecule has 21 heavy (non-hydrogen) atoms. The standard InChI is InChI=1S/C18H18O2S/c1-12-7-9-14(10-8-12)21-16-11-17(19)20-18(16)15-6-4-3-5-13(15)2/h3-10,16,18H,11H2,1-2H3/t16-,18+/m1/s1. The number of thioether (sulfide) groups is 1. The predicted octanol–water partition coefficient (Wildman–Crippen LogP) is 4.45. The number of carbonyl (C=O) groups is 1. The molecule has 1 saturated heterocycles. The number of cyclic esters (lactones) is 1. The summed E-state index contributed by atoms with van der Waals surface area (Å²) in [6.45, 7) is 4.14. The Kier molecular flexibility index (Phi) is 4.02. The first-order valence-corrected chi connectivity index (χ1v) is 8.00. The Hall–Kier alpha value is -1.74. The second kappa shape index (κ2) is 5.94. The molecule has 0 unspecified atom stereocenters. The molecular weight excluding hydrogens is 280 g/mol. The molecule has 3 rings (SSSR count). The molecule has 108 valence electrons. The van der Waals surface area contributed by atoms with Crippen molar-refractivity contribution in [3.8, 4) is 0 Å². The molecule has 0 aliphatic carbocycles. The zero-order valence-corrected chi connectivity index (χ0v) is 13.0. The number of hydrogen-bond donors (Lipinski definition) is 0. The highest BCUT2D eigenvalue weighted by Crippen LogP contribution is 2.42. The van der Waals surface area contributed by atoms with Crippen LogP contribution in [0.1, 0.15) is 29.2 Å². The molecular formula is C18H18O2S. The Morgan fingerprint density at radius 2 is 1.76 bits per heavy atom. The lowest BCUT2D eigenvalue weighted by Crippen LogP contribution is -2.10. The van der Waals surface area contributed by atoms with E-state index in [9.17, 15) is 4.79 Å². The number of ether oxygens (including phenoxy) is 1. The van der Waals surface area contributed by atoms with Gasteiger partial charge in [-0.25, -0.2) is 0 Å². The van der Waals surface area contributed by atoms with Crippen LogP contribution in [0.25, 0.3) is 0 Å². The maximum Gasteiger partial charge on any atom is 0.307 e. The van der Waals surface area contributed by atoms with Gasteiger partial charge in [-0.1, -0.05) is 42.0 Å². The summed E-state index contributed by atoms with van der Waals surface area (Å²) in [5, 5.41) is 0.140. The van der Waals surface area contributed by atoms with Gasteiger partial charge in [0.2, 0.25) is 0 Å². The average Bonchev–Trinajstić information content (AvgIpc) is 2.82. The minimum Gasteiger partial charge on any atom is -0.456 e. The van der Waals surface area contributed by atoms with E-state index in [0.717, 1.165) is 5.56 Å². The Morgan fingerprint density at radius 3 is 2.48 bits per heavy atom. The largest absolute Gasteiger partial charge is 0.456 e. The Bertz CT molecular complexity index is 649. The third-order valence-corrected chi connectivity index (χ3v) is 5.03. The van der Waals surface area contributed by atoms with Crippen LogP contribution in [-0.2, 0) is 9.53 Å². The Morgan fingerprint density at radius 1 is 1.05 bits per heavy atom. The Balaban J connectivity index is 1.84. The third-order valence-electron chi connectivity index (χ3n) is 3.77. The molecule has 2 aromatic carbocycles. The summed E-state index contributed by atoms with van der Waals surface area (Å²) in [5.41, 5.74) is 3.54. The van der Waals surface area contributed by atoms with Crippen molar-refractivity contribution < 1.29 is 9.53 Å². The Labute approximate surface area is 129 Å². The van der Waals surface area contributed by atoms with E-state index in [4.69, 9.17) is 4.74 Å². The molecule has 1 heterocycles. The SMILES string of the molecule is Cc1ccc(S[C@@H]2CC(=O)O[C@H]2c2ccccc2C)cc1. The van der Waals surface area contributed by atoms with E-state index in [1.165, 1.54) is 16.0 Å². The van der Waals surface area contributed by atoms with Crippen molar-refractivity contribution in [2.24, 2.45) is 0 Å². The number of esters is 1. The van der Waals surface area contributed by atoms with Gasteiger partial charge in [0.25, 0.3) is 0 Å². The fraction of sp³-hybridized carbons (Fsp3) is 0.278. The summed E-state index contributed by atoms with van der Waals surface area (Å²) in [5.74, 6) is -0.104. The van der Waals surface area contributed by atoms with Crippen molar-refractivity contribution in [3.05, 3.63) is 65.2 Å². The van der Waals surface area contributed by atoms with Gasteiger partial charge < -0.3 is 4.74 Å². The van der Waals surface area contributed by atoms with Crippen LogP contribution in [0.4, 0.5) is 0 Å². The topological polar surface area (TPSA) is 26.3 Å². The number of benzene rings is 2. The summed E-state index contributed by atoms with van der Waals surface area (Å²) in [7, 11) is 0. The van der Waals surface area contributed by atoms with E-state index in [1.807, 2.05) is 12.1 Å². The van der Waals surface area contributed by atoms with E-state index in [1.54, 1.807) is 11.8 Å². The molecule has 0 N–H and O–H groups in total.